The number of aromatic nitrogens is 2. The first-order valence-electron chi connectivity index (χ1n) is 9.02. The molecule has 0 amide bonds. The van der Waals surface area contributed by atoms with Crippen LogP contribution >= 0.6 is 35.6 Å². The molecule has 1 unspecified atom stereocenters. The summed E-state index contributed by atoms with van der Waals surface area (Å²) in [5.74, 6) is 1.54. The van der Waals surface area contributed by atoms with Crippen molar-refractivity contribution < 1.29 is 4.52 Å². The Hall–Kier alpha value is -1.39. The molecule has 1 fully saturated rings. The molecule has 0 aliphatic carbocycles. The molecule has 0 radical (unpaired) electrons. The van der Waals surface area contributed by atoms with Crippen LogP contribution in [-0.2, 0) is 6.42 Å². The maximum atomic E-state index is 5.99. The molecule has 1 saturated heterocycles. The minimum absolute atomic E-state index is 0. The van der Waals surface area contributed by atoms with E-state index in [0.717, 1.165) is 25.2 Å². The van der Waals surface area contributed by atoms with E-state index in [4.69, 9.17) is 21.9 Å². The normalized spacial score (nSPS) is 17.7. The zero-order valence-corrected chi connectivity index (χ0v) is 18.5. The molecule has 1 aromatic carbocycles. The third kappa shape index (κ3) is 6.32. The van der Waals surface area contributed by atoms with Gasteiger partial charge in [-0.2, -0.15) is 4.98 Å². The fourth-order valence-electron chi connectivity index (χ4n) is 3.18. The zero-order chi connectivity index (χ0) is 18.4. The number of likely N-dealkylation sites (N-methyl/N-ethyl adjacent to an activating group) is 1. The lowest BCUT2D eigenvalue weighted by Gasteiger charge is -2.20. The molecule has 0 spiro atoms. The molecular formula is C18H26ClIN6O. The van der Waals surface area contributed by atoms with E-state index in [1.807, 2.05) is 24.3 Å². The lowest BCUT2D eigenvalue weighted by atomic mass is 10.2. The maximum absolute atomic E-state index is 5.99. The van der Waals surface area contributed by atoms with E-state index >= 15 is 0 Å². The van der Waals surface area contributed by atoms with Gasteiger partial charge in [0.1, 0.15) is 0 Å². The standard InChI is InChI=1S/C18H25ClN6O.HI/c1-2-25-10-4-7-15(25)12-22-18(20)21-9-8-16-23-17(24-26-16)13-5-3-6-14(19)11-13;/h3,5-6,11,15H,2,4,7-10,12H2,1H3,(H3,20,21,22);1H. The Morgan fingerprint density at radius 1 is 1.48 bits per heavy atom. The van der Waals surface area contributed by atoms with Gasteiger partial charge >= 0.3 is 0 Å². The molecule has 148 valence electrons. The van der Waals surface area contributed by atoms with Crippen molar-refractivity contribution in [3.05, 3.63) is 35.2 Å². The van der Waals surface area contributed by atoms with E-state index < -0.39 is 0 Å². The Morgan fingerprint density at radius 2 is 2.33 bits per heavy atom. The maximum Gasteiger partial charge on any atom is 0.228 e. The van der Waals surface area contributed by atoms with E-state index in [1.165, 1.54) is 12.8 Å². The third-order valence-electron chi connectivity index (χ3n) is 4.57. The molecule has 1 atom stereocenters. The van der Waals surface area contributed by atoms with E-state index in [9.17, 15) is 0 Å². The van der Waals surface area contributed by atoms with E-state index in [1.54, 1.807) is 0 Å². The van der Waals surface area contributed by atoms with Gasteiger partial charge in [0.2, 0.25) is 11.7 Å². The minimum atomic E-state index is 0. The number of likely N-dealkylation sites (tertiary alicyclic amines) is 1. The minimum Gasteiger partial charge on any atom is -0.370 e. The molecule has 2 aromatic rings. The Bertz CT molecular complexity index is 753. The largest absolute Gasteiger partial charge is 0.370 e. The van der Waals surface area contributed by atoms with Gasteiger partial charge in [-0.1, -0.05) is 35.8 Å². The average Bonchev–Trinajstić information content (AvgIpc) is 3.29. The molecule has 0 saturated carbocycles. The molecule has 7 nitrogen and oxygen atoms in total. The van der Waals surface area contributed by atoms with Crippen LogP contribution in [0.15, 0.2) is 33.8 Å². The van der Waals surface area contributed by atoms with Gasteiger partial charge in [0, 0.05) is 29.6 Å². The summed E-state index contributed by atoms with van der Waals surface area (Å²) >= 11 is 5.99. The van der Waals surface area contributed by atoms with Crippen molar-refractivity contribution in [1.82, 2.24) is 20.4 Å². The summed E-state index contributed by atoms with van der Waals surface area (Å²) in [6, 6.07) is 7.88. The molecule has 0 bridgehead atoms. The number of hydrogen-bond donors (Lipinski definition) is 2. The number of nitrogens with zero attached hydrogens (tertiary/aromatic N) is 4. The molecule has 1 aliphatic rings. The van der Waals surface area contributed by atoms with Crippen molar-refractivity contribution in [2.75, 3.05) is 26.2 Å². The summed E-state index contributed by atoms with van der Waals surface area (Å²) in [4.78, 5) is 11.3. The van der Waals surface area contributed by atoms with Crippen LogP contribution in [0.1, 0.15) is 25.7 Å². The van der Waals surface area contributed by atoms with Crippen LogP contribution in [0.3, 0.4) is 0 Å². The lowest BCUT2D eigenvalue weighted by Crippen LogP contribution is -2.36. The summed E-state index contributed by atoms with van der Waals surface area (Å²) in [5, 5.41) is 7.74. The van der Waals surface area contributed by atoms with Crippen LogP contribution < -0.4 is 11.1 Å². The fourth-order valence-corrected chi connectivity index (χ4v) is 3.37. The van der Waals surface area contributed by atoms with Gasteiger partial charge in [-0.15, -0.1) is 24.0 Å². The van der Waals surface area contributed by atoms with Gasteiger partial charge in [-0.3, -0.25) is 9.89 Å². The highest BCUT2D eigenvalue weighted by Crippen LogP contribution is 2.20. The quantitative estimate of drug-likeness (QED) is 0.342. The summed E-state index contributed by atoms with van der Waals surface area (Å²) in [7, 11) is 0. The fraction of sp³-hybridized carbons (Fsp3) is 0.500. The van der Waals surface area contributed by atoms with Crippen LogP contribution in [0.25, 0.3) is 11.4 Å². The second-order valence-corrected chi connectivity index (χ2v) is 6.79. The number of nitrogens with one attached hydrogen (secondary N) is 1. The van der Waals surface area contributed by atoms with E-state index in [0.29, 0.717) is 41.7 Å². The average molecular weight is 505 g/mol. The van der Waals surface area contributed by atoms with Crippen LogP contribution in [0.4, 0.5) is 0 Å². The summed E-state index contributed by atoms with van der Waals surface area (Å²) in [6.45, 7) is 5.75. The summed E-state index contributed by atoms with van der Waals surface area (Å²) in [5.41, 5.74) is 6.79. The zero-order valence-electron chi connectivity index (χ0n) is 15.4. The number of rotatable bonds is 7. The molecule has 2 heterocycles. The molecule has 1 aromatic heterocycles. The van der Waals surface area contributed by atoms with Crippen LogP contribution in [0.5, 0.6) is 0 Å². The first kappa shape index (κ1) is 21.9. The SMILES string of the molecule is CCN1CCCC1CN=C(N)NCCc1nc(-c2cccc(Cl)c2)no1.I. The monoisotopic (exact) mass is 504 g/mol. The second kappa shape index (κ2) is 10.8. The van der Waals surface area contributed by atoms with Crippen molar-refractivity contribution in [3.8, 4) is 11.4 Å². The number of hydrogen-bond acceptors (Lipinski definition) is 5. The van der Waals surface area contributed by atoms with Crippen LogP contribution in [0, 0.1) is 0 Å². The smallest absolute Gasteiger partial charge is 0.228 e. The highest BCUT2D eigenvalue weighted by Gasteiger charge is 2.22. The van der Waals surface area contributed by atoms with Crippen molar-refractivity contribution >= 4 is 41.5 Å². The van der Waals surface area contributed by atoms with Gasteiger partial charge in [0.25, 0.3) is 0 Å². The predicted molar refractivity (Wildman–Crippen MR) is 119 cm³/mol. The van der Waals surface area contributed by atoms with E-state index in [2.05, 4.69) is 32.3 Å². The van der Waals surface area contributed by atoms with E-state index in [-0.39, 0.29) is 24.0 Å². The van der Waals surface area contributed by atoms with Crippen molar-refractivity contribution in [1.29, 1.82) is 0 Å². The first-order chi connectivity index (χ1) is 12.7. The molecule has 3 rings (SSSR count). The predicted octanol–water partition coefficient (Wildman–Crippen LogP) is 2.94. The van der Waals surface area contributed by atoms with Crippen molar-refractivity contribution in [2.45, 2.75) is 32.2 Å². The number of aliphatic imine (C=N–C) groups is 1. The summed E-state index contributed by atoms with van der Waals surface area (Å²) < 4.78 is 5.28. The van der Waals surface area contributed by atoms with Crippen molar-refractivity contribution in [3.63, 3.8) is 0 Å². The second-order valence-electron chi connectivity index (χ2n) is 6.35. The molecule has 1 aliphatic heterocycles. The Labute approximate surface area is 181 Å². The summed E-state index contributed by atoms with van der Waals surface area (Å²) in [6.07, 6.45) is 3.01. The topological polar surface area (TPSA) is 92.6 Å². The molecule has 9 heteroatoms. The van der Waals surface area contributed by atoms with Gasteiger partial charge in [-0.05, 0) is 38.1 Å². The van der Waals surface area contributed by atoms with Crippen molar-refractivity contribution in [2.24, 2.45) is 10.7 Å². The van der Waals surface area contributed by atoms with Gasteiger partial charge < -0.3 is 15.6 Å². The number of guanidine groups is 1. The Balaban J connectivity index is 0.00000261. The van der Waals surface area contributed by atoms with Gasteiger partial charge in [0.05, 0.1) is 6.54 Å². The number of halogens is 2. The number of benzene rings is 1. The number of nitrogens with two attached hydrogens (primary N) is 1. The lowest BCUT2D eigenvalue weighted by molar-refractivity contribution is 0.273. The van der Waals surface area contributed by atoms with Crippen LogP contribution in [0.2, 0.25) is 5.02 Å². The Kier molecular flexibility index (Phi) is 8.78. The molecular weight excluding hydrogens is 479 g/mol. The Morgan fingerprint density at radius 3 is 3.11 bits per heavy atom. The first-order valence-corrected chi connectivity index (χ1v) is 9.40. The molecule has 3 N–H and O–H groups in total. The molecule has 27 heavy (non-hydrogen) atoms. The highest BCUT2D eigenvalue weighted by atomic mass is 127. The highest BCUT2D eigenvalue weighted by molar-refractivity contribution is 14.0. The third-order valence-corrected chi connectivity index (χ3v) is 4.81. The van der Waals surface area contributed by atoms with Gasteiger partial charge in [-0.25, -0.2) is 0 Å². The van der Waals surface area contributed by atoms with Gasteiger partial charge in [0.15, 0.2) is 5.96 Å². The van der Waals surface area contributed by atoms with Crippen LogP contribution in [-0.4, -0.2) is 53.2 Å².